The van der Waals surface area contributed by atoms with Gasteiger partial charge in [0.15, 0.2) is 0 Å². The molecule has 3 aliphatic rings. The number of benzene rings is 1. The van der Waals surface area contributed by atoms with Gasteiger partial charge >= 0.3 is 0 Å². The van der Waals surface area contributed by atoms with E-state index in [0.29, 0.717) is 13.0 Å². The minimum atomic E-state index is -2.70. The summed E-state index contributed by atoms with van der Waals surface area (Å²) in [5.74, 6) is -3.29. The molecule has 1 unspecified atom stereocenters. The van der Waals surface area contributed by atoms with Crippen LogP contribution in [-0.2, 0) is 4.79 Å². The van der Waals surface area contributed by atoms with Gasteiger partial charge in [0.05, 0.1) is 13.1 Å². The van der Waals surface area contributed by atoms with E-state index in [1.807, 2.05) is 18.7 Å². The van der Waals surface area contributed by atoms with Crippen molar-refractivity contribution in [2.45, 2.75) is 46.0 Å². The Morgan fingerprint density at radius 2 is 1.70 bits per heavy atom. The summed E-state index contributed by atoms with van der Waals surface area (Å²) >= 11 is 0. The zero-order chi connectivity index (χ0) is 21.5. The fourth-order valence-corrected chi connectivity index (χ4v) is 5.53. The van der Waals surface area contributed by atoms with Crippen LogP contribution in [0.15, 0.2) is 24.3 Å². The Hall–Kier alpha value is -1.69. The summed E-state index contributed by atoms with van der Waals surface area (Å²) in [4.78, 5) is 18.7. The number of hydrogen-bond donors (Lipinski definition) is 0. The van der Waals surface area contributed by atoms with Gasteiger partial charge in [-0.15, -0.1) is 0 Å². The zero-order valence-electron chi connectivity index (χ0n) is 18.5. The third kappa shape index (κ3) is 4.34. The van der Waals surface area contributed by atoms with Crippen molar-refractivity contribution in [2.75, 3.05) is 50.7 Å². The van der Waals surface area contributed by atoms with Gasteiger partial charge in [-0.2, -0.15) is 0 Å². The highest BCUT2D eigenvalue weighted by molar-refractivity contribution is 5.79. The van der Waals surface area contributed by atoms with E-state index in [1.165, 1.54) is 11.3 Å². The van der Waals surface area contributed by atoms with Crippen LogP contribution in [0, 0.1) is 24.2 Å². The number of carbonyl (C=O) groups is 1. The van der Waals surface area contributed by atoms with E-state index in [0.717, 1.165) is 39.0 Å². The number of amides is 1. The van der Waals surface area contributed by atoms with E-state index in [2.05, 4.69) is 36.1 Å². The van der Waals surface area contributed by atoms with Crippen molar-refractivity contribution >= 4 is 11.6 Å². The van der Waals surface area contributed by atoms with Crippen LogP contribution in [-0.4, -0.2) is 67.4 Å². The number of anilines is 1. The van der Waals surface area contributed by atoms with Crippen molar-refractivity contribution in [1.29, 1.82) is 0 Å². The third-order valence-electron chi connectivity index (χ3n) is 7.53. The van der Waals surface area contributed by atoms with Crippen LogP contribution in [0.3, 0.4) is 0 Å². The Balaban J connectivity index is 1.24. The van der Waals surface area contributed by atoms with Gasteiger partial charge in [-0.3, -0.25) is 9.69 Å². The van der Waals surface area contributed by atoms with E-state index in [4.69, 9.17) is 0 Å². The smallest absolute Gasteiger partial charge is 0.263 e. The number of halogens is 2. The molecule has 3 heterocycles. The fourth-order valence-electron chi connectivity index (χ4n) is 5.53. The predicted molar refractivity (Wildman–Crippen MR) is 116 cm³/mol. The van der Waals surface area contributed by atoms with E-state index >= 15 is 0 Å². The standard InChI is InChI=1S/C24H35F2N3O/c1-18(2)21-8-11-27(17-24(21,25)26)14-22(30)29-15-23(16-29)9-12-28(13-10-23)20-6-4-19(3)5-7-20/h4-7,18,21H,8-17H2,1-3H3. The first kappa shape index (κ1) is 21.5. The lowest BCUT2D eigenvalue weighted by molar-refractivity contribution is -0.153. The molecule has 3 fully saturated rings. The van der Waals surface area contributed by atoms with Gasteiger partial charge in [-0.05, 0) is 50.8 Å². The Bertz CT molecular complexity index is 748. The second-order valence-electron chi connectivity index (χ2n) is 10.2. The van der Waals surface area contributed by atoms with Crippen molar-refractivity contribution < 1.29 is 13.6 Å². The number of alkyl halides is 2. The Morgan fingerprint density at radius 3 is 2.27 bits per heavy atom. The van der Waals surface area contributed by atoms with E-state index in [-0.39, 0.29) is 30.3 Å². The molecule has 166 valence electrons. The van der Waals surface area contributed by atoms with Crippen LogP contribution in [0.2, 0.25) is 0 Å². The first-order valence-corrected chi connectivity index (χ1v) is 11.4. The molecule has 1 spiro atoms. The Morgan fingerprint density at radius 1 is 1.07 bits per heavy atom. The van der Waals surface area contributed by atoms with Crippen molar-refractivity contribution in [1.82, 2.24) is 9.80 Å². The predicted octanol–water partition coefficient (Wildman–Crippen LogP) is 4.04. The number of hydrogen-bond acceptors (Lipinski definition) is 3. The summed E-state index contributed by atoms with van der Waals surface area (Å²) in [6.45, 7) is 9.86. The average molecular weight is 420 g/mol. The molecule has 3 aliphatic heterocycles. The van der Waals surface area contributed by atoms with E-state index in [9.17, 15) is 13.6 Å². The highest BCUT2D eigenvalue weighted by Gasteiger charge is 2.49. The second kappa shape index (κ2) is 8.10. The van der Waals surface area contributed by atoms with Gasteiger partial charge in [-0.25, -0.2) is 8.78 Å². The summed E-state index contributed by atoms with van der Waals surface area (Å²) < 4.78 is 28.9. The first-order valence-electron chi connectivity index (χ1n) is 11.4. The lowest BCUT2D eigenvalue weighted by Crippen LogP contribution is -2.63. The molecule has 6 heteroatoms. The molecule has 0 saturated carbocycles. The van der Waals surface area contributed by atoms with Crippen LogP contribution in [0.4, 0.5) is 14.5 Å². The van der Waals surface area contributed by atoms with E-state index in [1.54, 1.807) is 4.90 Å². The number of nitrogens with zero attached hydrogens (tertiary/aromatic N) is 3. The quantitative estimate of drug-likeness (QED) is 0.737. The highest BCUT2D eigenvalue weighted by Crippen LogP contribution is 2.42. The number of likely N-dealkylation sites (tertiary alicyclic amines) is 2. The number of aryl methyl sites for hydroxylation is 1. The van der Waals surface area contributed by atoms with Crippen LogP contribution < -0.4 is 4.90 Å². The molecule has 30 heavy (non-hydrogen) atoms. The average Bonchev–Trinajstić information content (AvgIpc) is 2.66. The van der Waals surface area contributed by atoms with Gasteiger partial charge in [0.25, 0.3) is 5.92 Å². The summed E-state index contributed by atoms with van der Waals surface area (Å²) in [7, 11) is 0. The van der Waals surface area contributed by atoms with Crippen LogP contribution in [0.25, 0.3) is 0 Å². The third-order valence-corrected chi connectivity index (χ3v) is 7.53. The highest BCUT2D eigenvalue weighted by atomic mass is 19.3. The first-order chi connectivity index (χ1) is 14.2. The SMILES string of the molecule is Cc1ccc(N2CCC3(CC2)CN(C(=O)CN2CCC(C(C)C)C(F)(F)C2)C3)cc1. The molecule has 0 N–H and O–H groups in total. The molecule has 0 aliphatic carbocycles. The molecule has 4 nitrogen and oxygen atoms in total. The summed E-state index contributed by atoms with van der Waals surface area (Å²) in [5.41, 5.74) is 2.77. The lowest BCUT2D eigenvalue weighted by Gasteiger charge is -2.54. The van der Waals surface area contributed by atoms with Gasteiger partial charge in [0.1, 0.15) is 0 Å². The normalized spacial score (nSPS) is 26.1. The van der Waals surface area contributed by atoms with Crippen molar-refractivity contribution in [2.24, 2.45) is 17.3 Å². The maximum Gasteiger partial charge on any atom is 0.263 e. The molecule has 0 aromatic heterocycles. The summed E-state index contributed by atoms with van der Waals surface area (Å²) in [6, 6.07) is 8.66. The Kier molecular flexibility index (Phi) is 5.82. The zero-order valence-corrected chi connectivity index (χ0v) is 18.5. The van der Waals surface area contributed by atoms with Gasteiger partial charge in [-0.1, -0.05) is 31.5 Å². The van der Waals surface area contributed by atoms with Gasteiger partial charge in [0, 0.05) is 43.2 Å². The maximum atomic E-state index is 14.4. The summed E-state index contributed by atoms with van der Waals surface area (Å²) in [5, 5.41) is 0. The Labute approximate surface area is 179 Å². The maximum absolute atomic E-state index is 14.4. The van der Waals surface area contributed by atoms with Crippen LogP contribution >= 0.6 is 0 Å². The molecular weight excluding hydrogens is 384 g/mol. The second-order valence-corrected chi connectivity index (χ2v) is 10.2. The van der Waals surface area contributed by atoms with Gasteiger partial charge in [0.2, 0.25) is 5.91 Å². The lowest BCUT2D eigenvalue weighted by atomic mass is 9.72. The summed E-state index contributed by atoms with van der Waals surface area (Å²) in [6.07, 6.45) is 2.64. The number of rotatable bonds is 4. The molecule has 0 radical (unpaired) electrons. The fraction of sp³-hybridized carbons (Fsp3) is 0.708. The molecular formula is C24H35F2N3O. The van der Waals surface area contributed by atoms with Crippen LogP contribution in [0.5, 0.6) is 0 Å². The molecule has 1 atom stereocenters. The topological polar surface area (TPSA) is 26.8 Å². The van der Waals surface area contributed by atoms with Crippen molar-refractivity contribution in [3.05, 3.63) is 29.8 Å². The largest absolute Gasteiger partial charge is 0.371 e. The van der Waals surface area contributed by atoms with E-state index < -0.39 is 11.8 Å². The molecule has 4 rings (SSSR count). The minimum Gasteiger partial charge on any atom is -0.371 e. The van der Waals surface area contributed by atoms with Gasteiger partial charge < -0.3 is 9.80 Å². The monoisotopic (exact) mass is 419 g/mol. The molecule has 0 bridgehead atoms. The van der Waals surface area contributed by atoms with Crippen molar-refractivity contribution in [3.63, 3.8) is 0 Å². The number of piperidine rings is 2. The molecule has 1 aromatic rings. The minimum absolute atomic E-state index is 0.0142. The molecule has 1 amide bonds. The molecule has 1 aromatic carbocycles. The number of carbonyl (C=O) groups excluding carboxylic acids is 1. The van der Waals surface area contributed by atoms with Crippen molar-refractivity contribution in [3.8, 4) is 0 Å². The molecule has 3 saturated heterocycles. The van der Waals surface area contributed by atoms with Crippen LogP contribution in [0.1, 0.15) is 38.7 Å².